The van der Waals surface area contributed by atoms with E-state index in [-0.39, 0.29) is 30.9 Å². The van der Waals surface area contributed by atoms with E-state index in [1.165, 1.54) is 24.2 Å². The van der Waals surface area contributed by atoms with Crippen molar-refractivity contribution in [3.05, 3.63) is 22.5 Å². The molecule has 0 radical (unpaired) electrons. The molecular formula is C11H17N5O4S2. The van der Waals surface area contributed by atoms with Crippen molar-refractivity contribution in [2.45, 2.75) is 6.54 Å². The zero-order valence-electron chi connectivity index (χ0n) is 11.7. The molecule has 0 unspecified atom stereocenters. The predicted octanol–water partition coefficient (Wildman–Crippen LogP) is -0.313. The first-order valence-electron chi connectivity index (χ1n) is 6.42. The SMILES string of the molecule is O=C(CSCCS)NCCNC(=O)Cn1ccnc1[N+](=O)[O-]. The van der Waals surface area contributed by atoms with Gasteiger partial charge in [0.1, 0.15) is 12.4 Å². The molecule has 0 aliphatic heterocycles. The zero-order valence-corrected chi connectivity index (χ0v) is 13.4. The Morgan fingerprint density at radius 3 is 2.68 bits per heavy atom. The van der Waals surface area contributed by atoms with Gasteiger partial charge in [-0.3, -0.25) is 9.59 Å². The standard InChI is InChI=1S/C11H17N5O4S2/c17-9(7-15-4-3-14-11(15)16(19)20)12-1-2-13-10(18)8-22-6-5-21/h3-4,21H,1-2,5-8H2,(H,12,17)(H,13,18). The summed E-state index contributed by atoms with van der Waals surface area (Å²) in [6, 6.07) is 0. The largest absolute Gasteiger partial charge is 0.435 e. The maximum absolute atomic E-state index is 11.6. The third-order valence-electron chi connectivity index (χ3n) is 2.41. The first-order chi connectivity index (χ1) is 10.5. The van der Waals surface area contributed by atoms with Gasteiger partial charge in [-0.15, -0.1) is 0 Å². The highest BCUT2D eigenvalue weighted by molar-refractivity contribution is 8.00. The van der Waals surface area contributed by atoms with Crippen molar-refractivity contribution in [2.24, 2.45) is 0 Å². The Balaban J connectivity index is 2.20. The number of carbonyl (C=O) groups is 2. The normalized spacial score (nSPS) is 10.2. The summed E-state index contributed by atoms with van der Waals surface area (Å²) in [5.74, 6) is 0.997. The molecule has 1 heterocycles. The maximum atomic E-state index is 11.6. The monoisotopic (exact) mass is 347 g/mol. The number of nitrogens with one attached hydrogen (secondary N) is 2. The number of aromatic nitrogens is 2. The molecule has 1 rings (SSSR count). The van der Waals surface area contributed by atoms with Crippen LogP contribution >= 0.6 is 24.4 Å². The summed E-state index contributed by atoms with van der Waals surface area (Å²) in [7, 11) is 0. The highest BCUT2D eigenvalue weighted by Crippen LogP contribution is 2.06. The van der Waals surface area contributed by atoms with E-state index in [4.69, 9.17) is 0 Å². The second-order valence-corrected chi connectivity index (χ2v) is 5.64. The molecular weight excluding hydrogens is 330 g/mol. The van der Waals surface area contributed by atoms with Crippen LogP contribution in [0.5, 0.6) is 0 Å². The maximum Gasteiger partial charge on any atom is 0.435 e. The van der Waals surface area contributed by atoms with Crippen LogP contribution in [0.15, 0.2) is 12.4 Å². The van der Waals surface area contributed by atoms with Crippen LogP contribution in [0.2, 0.25) is 0 Å². The van der Waals surface area contributed by atoms with Crippen LogP contribution in [0, 0.1) is 10.1 Å². The van der Waals surface area contributed by atoms with Crippen LogP contribution in [-0.4, -0.2) is 56.6 Å². The zero-order chi connectivity index (χ0) is 16.4. The number of nitrogens with zero attached hydrogens (tertiary/aromatic N) is 3. The Morgan fingerprint density at radius 1 is 1.36 bits per heavy atom. The van der Waals surface area contributed by atoms with E-state index in [0.29, 0.717) is 18.1 Å². The lowest BCUT2D eigenvalue weighted by Crippen LogP contribution is -2.36. The molecule has 2 N–H and O–H groups in total. The average Bonchev–Trinajstić information content (AvgIpc) is 2.92. The van der Waals surface area contributed by atoms with Gasteiger partial charge in [0.2, 0.25) is 5.91 Å². The van der Waals surface area contributed by atoms with Crippen molar-refractivity contribution in [2.75, 3.05) is 30.3 Å². The number of rotatable bonds is 10. The quantitative estimate of drug-likeness (QED) is 0.231. The van der Waals surface area contributed by atoms with Gasteiger partial charge < -0.3 is 20.7 Å². The minimum atomic E-state index is -0.657. The molecule has 0 aliphatic rings. The summed E-state index contributed by atoms with van der Waals surface area (Å²) < 4.78 is 1.14. The second-order valence-electron chi connectivity index (χ2n) is 4.09. The second kappa shape index (κ2) is 10.1. The third kappa shape index (κ3) is 6.80. The predicted molar refractivity (Wildman–Crippen MR) is 86.1 cm³/mol. The smallest absolute Gasteiger partial charge is 0.390 e. The van der Waals surface area contributed by atoms with Gasteiger partial charge in [-0.1, -0.05) is 4.98 Å². The number of thioether (sulfide) groups is 1. The Bertz CT molecular complexity index is 522. The molecule has 0 fully saturated rings. The van der Waals surface area contributed by atoms with Crippen molar-refractivity contribution in [1.29, 1.82) is 0 Å². The average molecular weight is 347 g/mol. The van der Waals surface area contributed by atoms with E-state index in [0.717, 1.165) is 10.3 Å². The lowest BCUT2D eigenvalue weighted by Gasteiger charge is -2.07. The molecule has 122 valence electrons. The molecule has 22 heavy (non-hydrogen) atoms. The van der Waals surface area contributed by atoms with Crippen LogP contribution in [-0.2, 0) is 16.1 Å². The van der Waals surface area contributed by atoms with Gasteiger partial charge in [0.05, 0.1) is 5.75 Å². The molecule has 0 bridgehead atoms. The first kappa shape index (κ1) is 18.3. The van der Waals surface area contributed by atoms with E-state index in [9.17, 15) is 19.7 Å². The molecule has 0 aromatic carbocycles. The molecule has 11 heteroatoms. The first-order valence-corrected chi connectivity index (χ1v) is 8.21. The summed E-state index contributed by atoms with van der Waals surface area (Å²) in [5.41, 5.74) is 0. The third-order valence-corrected chi connectivity index (χ3v) is 3.89. The fraction of sp³-hybridized carbons (Fsp3) is 0.545. The lowest BCUT2D eigenvalue weighted by molar-refractivity contribution is -0.396. The Kier molecular flexibility index (Phi) is 8.36. The molecule has 9 nitrogen and oxygen atoms in total. The summed E-state index contributed by atoms with van der Waals surface area (Å²) in [6.07, 6.45) is 2.62. The van der Waals surface area contributed by atoms with E-state index < -0.39 is 4.92 Å². The van der Waals surface area contributed by atoms with Crippen molar-refractivity contribution >= 4 is 42.2 Å². The van der Waals surface area contributed by atoms with Crippen LogP contribution in [0.4, 0.5) is 5.95 Å². The molecule has 0 saturated carbocycles. The molecule has 0 atom stereocenters. The molecule has 0 aliphatic carbocycles. The van der Waals surface area contributed by atoms with Gasteiger partial charge in [-0.25, -0.2) is 4.57 Å². The molecule has 1 aromatic heterocycles. The van der Waals surface area contributed by atoms with Gasteiger partial charge in [0, 0.05) is 18.8 Å². The number of thiol groups is 1. The fourth-order valence-electron chi connectivity index (χ4n) is 1.49. The Labute approximate surface area is 136 Å². The molecule has 0 saturated heterocycles. The van der Waals surface area contributed by atoms with E-state index >= 15 is 0 Å². The highest BCUT2D eigenvalue weighted by Gasteiger charge is 2.16. The van der Waals surface area contributed by atoms with Crippen LogP contribution in [0.1, 0.15) is 0 Å². The van der Waals surface area contributed by atoms with Crippen molar-refractivity contribution in [3.63, 3.8) is 0 Å². The number of nitro groups is 1. The summed E-state index contributed by atoms with van der Waals surface area (Å²) in [6.45, 7) is 0.365. The van der Waals surface area contributed by atoms with Crippen molar-refractivity contribution < 1.29 is 14.5 Å². The Morgan fingerprint density at radius 2 is 2.05 bits per heavy atom. The summed E-state index contributed by atoms with van der Waals surface area (Å²) in [4.78, 5) is 36.5. The van der Waals surface area contributed by atoms with Crippen molar-refractivity contribution in [3.8, 4) is 0 Å². The van der Waals surface area contributed by atoms with E-state index in [1.54, 1.807) is 0 Å². The van der Waals surface area contributed by atoms with Gasteiger partial charge in [-0.05, 0) is 10.7 Å². The van der Waals surface area contributed by atoms with Gasteiger partial charge >= 0.3 is 5.95 Å². The van der Waals surface area contributed by atoms with Gasteiger partial charge in [0.25, 0.3) is 5.91 Å². The topological polar surface area (TPSA) is 119 Å². The van der Waals surface area contributed by atoms with E-state index in [2.05, 4.69) is 28.2 Å². The number of amides is 2. The van der Waals surface area contributed by atoms with Crippen LogP contribution in [0.3, 0.4) is 0 Å². The summed E-state index contributed by atoms with van der Waals surface area (Å²) in [5, 5.41) is 15.9. The number of carbonyl (C=O) groups excluding carboxylic acids is 2. The lowest BCUT2D eigenvalue weighted by atomic mass is 10.5. The molecule has 2 amide bonds. The van der Waals surface area contributed by atoms with Gasteiger partial charge in [0.15, 0.2) is 6.54 Å². The molecule has 0 spiro atoms. The minimum absolute atomic E-state index is 0.105. The van der Waals surface area contributed by atoms with Crippen molar-refractivity contribution in [1.82, 2.24) is 20.2 Å². The fourth-order valence-corrected chi connectivity index (χ4v) is 2.44. The summed E-state index contributed by atoms with van der Waals surface area (Å²) >= 11 is 5.52. The van der Waals surface area contributed by atoms with Crippen LogP contribution < -0.4 is 10.6 Å². The number of imidazole rings is 1. The molecule has 1 aromatic rings. The minimum Gasteiger partial charge on any atom is -0.390 e. The number of hydrogen-bond donors (Lipinski definition) is 3. The number of hydrogen-bond acceptors (Lipinski definition) is 7. The van der Waals surface area contributed by atoms with E-state index in [1.807, 2.05) is 0 Å². The van der Waals surface area contributed by atoms with Crippen LogP contribution in [0.25, 0.3) is 0 Å². The Hall–Kier alpha value is -1.75. The van der Waals surface area contributed by atoms with Gasteiger partial charge in [-0.2, -0.15) is 24.4 Å². The highest BCUT2D eigenvalue weighted by atomic mass is 32.2.